The van der Waals surface area contributed by atoms with E-state index in [-0.39, 0.29) is 0 Å². The molecule has 0 saturated carbocycles. The van der Waals surface area contributed by atoms with Crippen LogP contribution >= 0.6 is 0 Å². The second-order valence-corrected chi connectivity index (χ2v) is 4.04. The van der Waals surface area contributed by atoms with Gasteiger partial charge in [0.1, 0.15) is 13.2 Å². The lowest BCUT2D eigenvalue weighted by atomic mass is 10.1. The van der Waals surface area contributed by atoms with Gasteiger partial charge in [-0.15, -0.1) is 0 Å². The molecule has 0 aromatic heterocycles. The zero-order chi connectivity index (χ0) is 13.0. The summed E-state index contributed by atoms with van der Waals surface area (Å²) in [6.45, 7) is 2.80. The van der Waals surface area contributed by atoms with Crippen molar-refractivity contribution in [3.63, 3.8) is 0 Å². The third kappa shape index (κ3) is 3.00. The monoisotopic (exact) mass is 249 g/mol. The summed E-state index contributed by atoms with van der Waals surface area (Å²) in [5.74, 6) is 0.458. The molecule has 0 saturated heterocycles. The van der Waals surface area contributed by atoms with Crippen molar-refractivity contribution in [2.24, 2.45) is 0 Å². The van der Waals surface area contributed by atoms with Crippen LogP contribution in [-0.4, -0.2) is 31.4 Å². The molecule has 0 unspecified atom stereocenters. The first-order chi connectivity index (χ1) is 8.66. The lowest BCUT2D eigenvalue weighted by Gasteiger charge is -2.18. The third-order valence-electron chi connectivity index (χ3n) is 2.63. The number of rotatable bonds is 4. The van der Waals surface area contributed by atoms with Crippen molar-refractivity contribution in [3.05, 3.63) is 23.8 Å². The summed E-state index contributed by atoms with van der Waals surface area (Å²) < 4.78 is 10.9. The van der Waals surface area contributed by atoms with Gasteiger partial charge < -0.3 is 14.8 Å². The molecule has 1 aromatic carbocycles. The van der Waals surface area contributed by atoms with Crippen LogP contribution in [0.1, 0.15) is 12.5 Å². The van der Waals surface area contributed by atoms with Gasteiger partial charge in [0, 0.05) is 13.5 Å². The Bertz CT molecular complexity index is 470. The molecule has 18 heavy (non-hydrogen) atoms. The standard InChI is InChI=1S/C13H15NO4/c1-9(15)13(16)14-5-4-10-2-3-11-12(8-10)18-7-6-17-11/h2-3,8H,4-7H2,1H3,(H,14,16). The van der Waals surface area contributed by atoms with E-state index in [4.69, 9.17) is 9.47 Å². The van der Waals surface area contributed by atoms with E-state index in [0.29, 0.717) is 26.2 Å². The number of Topliss-reactive ketones (excluding diaryl/α,β-unsaturated/α-hetero) is 1. The van der Waals surface area contributed by atoms with E-state index < -0.39 is 11.7 Å². The van der Waals surface area contributed by atoms with Crippen LogP contribution in [0.15, 0.2) is 18.2 Å². The molecule has 1 aliphatic heterocycles. The third-order valence-corrected chi connectivity index (χ3v) is 2.63. The first-order valence-electron chi connectivity index (χ1n) is 5.84. The van der Waals surface area contributed by atoms with Crippen molar-refractivity contribution in [3.8, 4) is 11.5 Å². The number of carbonyl (C=O) groups excluding carboxylic acids is 2. The molecule has 96 valence electrons. The van der Waals surface area contributed by atoms with E-state index in [9.17, 15) is 9.59 Å². The van der Waals surface area contributed by atoms with Gasteiger partial charge in [-0.1, -0.05) is 6.07 Å². The fourth-order valence-corrected chi connectivity index (χ4v) is 1.69. The molecule has 5 heteroatoms. The van der Waals surface area contributed by atoms with Crippen LogP contribution < -0.4 is 14.8 Å². The zero-order valence-corrected chi connectivity index (χ0v) is 10.2. The molecule has 1 N–H and O–H groups in total. The number of ether oxygens (including phenoxy) is 2. The summed E-state index contributed by atoms with van der Waals surface area (Å²) in [6.07, 6.45) is 0.648. The molecule has 5 nitrogen and oxygen atoms in total. The van der Waals surface area contributed by atoms with Gasteiger partial charge in [0.05, 0.1) is 0 Å². The largest absolute Gasteiger partial charge is 0.486 e. The van der Waals surface area contributed by atoms with E-state index in [1.165, 1.54) is 6.92 Å². The van der Waals surface area contributed by atoms with Crippen LogP contribution in [0.2, 0.25) is 0 Å². The van der Waals surface area contributed by atoms with Crippen molar-refractivity contribution < 1.29 is 19.1 Å². The highest BCUT2D eigenvalue weighted by atomic mass is 16.6. The first-order valence-corrected chi connectivity index (χ1v) is 5.84. The van der Waals surface area contributed by atoms with Crippen molar-refractivity contribution in [2.75, 3.05) is 19.8 Å². The highest BCUT2D eigenvalue weighted by Crippen LogP contribution is 2.30. The van der Waals surface area contributed by atoms with Crippen LogP contribution in [0.5, 0.6) is 11.5 Å². The molecule has 1 amide bonds. The molecule has 0 fully saturated rings. The SMILES string of the molecule is CC(=O)C(=O)NCCc1ccc2c(c1)OCCO2. The topological polar surface area (TPSA) is 64.6 Å². The Morgan fingerprint density at radius 3 is 2.67 bits per heavy atom. The summed E-state index contributed by atoms with van der Waals surface area (Å²) in [5, 5.41) is 2.55. The van der Waals surface area contributed by atoms with Gasteiger partial charge in [-0.05, 0) is 24.1 Å². The van der Waals surface area contributed by atoms with Crippen LogP contribution in [0.3, 0.4) is 0 Å². The van der Waals surface area contributed by atoms with Crippen LogP contribution in [0, 0.1) is 0 Å². The molecular formula is C13H15NO4. The molecule has 0 spiro atoms. The maximum atomic E-state index is 11.1. The predicted molar refractivity (Wildman–Crippen MR) is 64.8 cm³/mol. The maximum absolute atomic E-state index is 11.1. The van der Waals surface area contributed by atoms with E-state index in [1.807, 2.05) is 18.2 Å². The first kappa shape index (κ1) is 12.4. The normalized spacial score (nSPS) is 12.9. The minimum atomic E-state index is -0.549. The van der Waals surface area contributed by atoms with Crippen LogP contribution in [0.25, 0.3) is 0 Å². The lowest BCUT2D eigenvalue weighted by Crippen LogP contribution is -2.30. The van der Waals surface area contributed by atoms with Gasteiger partial charge in [-0.25, -0.2) is 0 Å². The molecule has 1 aromatic rings. The molecule has 0 atom stereocenters. The van der Waals surface area contributed by atoms with Gasteiger partial charge in [-0.2, -0.15) is 0 Å². The van der Waals surface area contributed by atoms with Crippen LogP contribution in [0.4, 0.5) is 0 Å². The number of ketones is 1. The molecule has 1 heterocycles. The quantitative estimate of drug-likeness (QED) is 0.798. The number of hydrogen-bond acceptors (Lipinski definition) is 4. The van der Waals surface area contributed by atoms with Gasteiger partial charge in [0.15, 0.2) is 11.5 Å². The number of fused-ring (bicyclic) bond motifs is 1. The number of benzene rings is 1. The Hall–Kier alpha value is -2.04. The number of amides is 1. The minimum Gasteiger partial charge on any atom is -0.486 e. The van der Waals surface area contributed by atoms with E-state index >= 15 is 0 Å². The Kier molecular flexibility index (Phi) is 3.82. The predicted octanol–water partition coefficient (Wildman–Crippen LogP) is 0.705. The Balaban J connectivity index is 1.90. The van der Waals surface area contributed by atoms with Crippen molar-refractivity contribution in [2.45, 2.75) is 13.3 Å². The Labute approximate surface area is 105 Å². The minimum absolute atomic E-state index is 0.429. The van der Waals surface area contributed by atoms with Crippen LogP contribution in [-0.2, 0) is 16.0 Å². The Morgan fingerprint density at radius 2 is 1.94 bits per heavy atom. The smallest absolute Gasteiger partial charge is 0.287 e. The molecular weight excluding hydrogens is 234 g/mol. The maximum Gasteiger partial charge on any atom is 0.287 e. The van der Waals surface area contributed by atoms with Gasteiger partial charge >= 0.3 is 0 Å². The molecule has 1 aliphatic rings. The lowest BCUT2D eigenvalue weighted by molar-refractivity contribution is -0.136. The summed E-state index contributed by atoms with van der Waals surface area (Å²) in [7, 11) is 0. The highest BCUT2D eigenvalue weighted by molar-refractivity contribution is 6.35. The summed E-state index contributed by atoms with van der Waals surface area (Å²) in [6, 6.07) is 5.68. The van der Waals surface area contributed by atoms with E-state index in [0.717, 1.165) is 17.1 Å². The highest BCUT2D eigenvalue weighted by Gasteiger charge is 2.12. The number of carbonyl (C=O) groups is 2. The molecule has 0 bridgehead atoms. The molecule has 0 aliphatic carbocycles. The summed E-state index contributed by atoms with van der Waals surface area (Å²) in [5.41, 5.74) is 1.03. The molecule has 0 radical (unpaired) electrons. The fourth-order valence-electron chi connectivity index (χ4n) is 1.69. The van der Waals surface area contributed by atoms with E-state index in [2.05, 4.69) is 5.32 Å². The zero-order valence-electron chi connectivity index (χ0n) is 10.2. The fraction of sp³-hybridized carbons (Fsp3) is 0.385. The van der Waals surface area contributed by atoms with E-state index in [1.54, 1.807) is 0 Å². The van der Waals surface area contributed by atoms with Gasteiger partial charge in [-0.3, -0.25) is 9.59 Å². The van der Waals surface area contributed by atoms with Crippen molar-refractivity contribution in [1.29, 1.82) is 0 Å². The average Bonchev–Trinajstić information content (AvgIpc) is 2.38. The van der Waals surface area contributed by atoms with Gasteiger partial charge in [0.2, 0.25) is 5.78 Å². The second-order valence-electron chi connectivity index (χ2n) is 4.04. The number of nitrogens with one attached hydrogen (secondary N) is 1. The van der Waals surface area contributed by atoms with Crippen molar-refractivity contribution >= 4 is 11.7 Å². The molecule has 2 rings (SSSR count). The summed E-state index contributed by atoms with van der Waals surface area (Å²) in [4.78, 5) is 21.8. The summed E-state index contributed by atoms with van der Waals surface area (Å²) >= 11 is 0. The van der Waals surface area contributed by atoms with Gasteiger partial charge in [0.25, 0.3) is 5.91 Å². The Morgan fingerprint density at radius 1 is 1.22 bits per heavy atom. The second kappa shape index (κ2) is 5.53. The van der Waals surface area contributed by atoms with Crippen molar-refractivity contribution in [1.82, 2.24) is 5.32 Å². The number of hydrogen-bond donors (Lipinski definition) is 1. The average molecular weight is 249 g/mol.